The maximum atomic E-state index is 13.7. The fourth-order valence-electron chi connectivity index (χ4n) is 3.75. The van der Waals surface area contributed by atoms with E-state index in [1.807, 2.05) is 25.1 Å². The van der Waals surface area contributed by atoms with Gasteiger partial charge in [0.1, 0.15) is 11.6 Å². The second-order valence-corrected chi connectivity index (χ2v) is 7.39. The van der Waals surface area contributed by atoms with Gasteiger partial charge in [-0.05, 0) is 62.4 Å². The van der Waals surface area contributed by atoms with Gasteiger partial charge in [0.2, 0.25) is 0 Å². The van der Waals surface area contributed by atoms with Crippen LogP contribution in [0.5, 0.6) is 0 Å². The Labute approximate surface area is 172 Å². The number of aryl methyl sites for hydroxylation is 2. The number of esters is 1. The minimum atomic E-state index is -0.777. The van der Waals surface area contributed by atoms with E-state index in [0.29, 0.717) is 16.5 Å². The van der Waals surface area contributed by atoms with Gasteiger partial charge in [-0.15, -0.1) is 0 Å². The van der Waals surface area contributed by atoms with Crippen LogP contribution in [0.4, 0.5) is 14.5 Å². The van der Waals surface area contributed by atoms with E-state index in [1.165, 1.54) is 0 Å². The minimum Gasteiger partial charge on any atom is -0.452 e. The van der Waals surface area contributed by atoms with Crippen molar-refractivity contribution in [3.8, 4) is 0 Å². The Morgan fingerprint density at radius 2 is 1.90 bits per heavy atom. The number of pyridine rings is 1. The maximum Gasteiger partial charge on any atom is 0.339 e. The van der Waals surface area contributed by atoms with Gasteiger partial charge in [0.05, 0.1) is 16.8 Å². The van der Waals surface area contributed by atoms with Crippen LogP contribution >= 0.6 is 0 Å². The summed E-state index contributed by atoms with van der Waals surface area (Å²) in [6.45, 7) is 1.31. The summed E-state index contributed by atoms with van der Waals surface area (Å²) in [5.41, 5.74) is 3.56. The standard InChI is InChI=1S/C23H20F2N2O3/c1-13-6-9-19-16(10-13)22(15-4-2-3-5-18(15)26-19)23(29)30-12-21(28)27-20-11-14(24)7-8-17(20)25/h6-11H,2-5,12H2,1H3,(H,27,28). The SMILES string of the molecule is Cc1ccc2nc3c(c(C(=O)OCC(=O)Nc4cc(F)ccc4F)c2c1)CCCC3. The highest BCUT2D eigenvalue weighted by Crippen LogP contribution is 2.30. The summed E-state index contributed by atoms with van der Waals surface area (Å²) < 4.78 is 32.2. The zero-order valence-electron chi connectivity index (χ0n) is 16.4. The predicted octanol–water partition coefficient (Wildman–Crippen LogP) is 4.50. The number of benzene rings is 2. The van der Waals surface area contributed by atoms with Crippen LogP contribution in [0, 0.1) is 18.6 Å². The Morgan fingerprint density at radius 1 is 1.10 bits per heavy atom. The first-order chi connectivity index (χ1) is 14.4. The normalized spacial score (nSPS) is 13.0. The number of fused-ring (bicyclic) bond motifs is 2. The Morgan fingerprint density at radius 3 is 2.73 bits per heavy atom. The molecular weight excluding hydrogens is 390 g/mol. The molecule has 4 rings (SSSR count). The third-order valence-corrected chi connectivity index (χ3v) is 5.16. The zero-order valence-corrected chi connectivity index (χ0v) is 16.4. The Bertz CT molecular complexity index is 1160. The van der Waals surface area contributed by atoms with Crippen LogP contribution in [-0.2, 0) is 22.4 Å². The molecule has 5 nitrogen and oxygen atoms in total. The lowest BCUT2D eigenvalue weighted by atomic mass is 9.89. The molecule has 0 fully saturated rings. The van der Waals surface area contributed by atoms with E-state index in [-0.39, 0.29) is 5.69 Å². The number of ether oxygens (including phenoxy) is 1. The van der Waals surface area contributed by atoms with Crippen molar-refractivity contribution in [2.45, 2.75) is 32.6 Å². The number of amides is 1. The van der Waals surface area contributed by atoms with Crippen molar-refractivity contribution >= 4 is 28.5 Å². The number of nitrogens with zero attached hydrogens (tertiary/aromatic N) is 1. The first kappa shape index (κ1) is 19.9. The Balaban J connectivity index is 1.58. The topological polar surface area (TPSA) is 68.3 Å². The molecule has 1 amide bonds. The number of carbonyl (C=O) groups excluding carboxylic acids is 2. The molecule has 0 saturated heterocycles. The van der Waals surface area contributed by atoms with E-state index in [9.17, 15) is 18.4 Å². The molecule has 0 saturated carbocycles. The fourth-order valence-corrected chi connectivity index (χ4v) is 3.75. The molecule has 1 aromatic heterocycles. The van der Waals surface area contributed by atoms with Gasteiger partial charge >= 0.3 is 5.97 Å². The predicted molar refractivity (Wildman–Crippen MR) is 108 cm³/mol. The highest BCUT2D eigenvalue weighted by Gasteiger charge is 2.24. The van der Waals surface area contributed by atoms with Crippen LogP contribution in [0.15, 0.2) is 36.4 Å². The summed E-state index contributed by atoms with van der Waals surface area (Å²) in [5, 5.41) is 2.91. The third-order valence-electron chi connectivity index (χ3n) is 5.16. The molecule has 1 aliphatic carbocycles. The second kappa shape index (κ2) is 8.18. The average molecular weight is 410 g/mol. The molecule has 0 unspecified atom stereocenters. The summed E-state index contributed by atoms with van der Waals surface area (Å²) in [7, 11) is 0. The molecule has 1 heterocycles. The van der Waals surface area contributed by atoms with Crippen LogP contribution < -0.4 is 5.32 Å². The Hall–Kier alpha value is -3.35. The molecular formula is C23H20F2N2O3. The van der Waals surface area contributed by atoms with E-state index >= 15 is 0 Å². The minimum absolute atomic E-state index is 0.307. The lowest BCUT2D eigenvalue weighted by Crippen LogP contribution is -2.23. The van der Waals surface area contributed by atoms with E-state index in [4.69, 9.17) is 9.72 Å². The molecule has 0 atom stereocenters. The zero-order chi connectivity index (χ0) is 21.3. The first-order valence-electron chi connectivity index (χ1n) is 9.76. The van der Waals surface area contributed by atoms with Gasteiger partial charge in [0.25, 0.3) is 5.91 Å². The molecule has 0 spiro atoms. The number of hydrogen-bond acceptors (Lipinski definition) is 4. The van der Waals surface area contributed by atoms with Crippen LogP contribution in [0.3, 0.4) is 0 Å². The molecule has 2 aromatic carbocycles. The number of hydrogen-bond donors (Lipinski definition) is 1. The highest BCUT2D eigenvalue weighted by molar-refractivity contribution is 6.06. The smallest absolute Gasteiger partial charge is 0.339 e. The quantitative estimate of drug-likeness (QED) is 0.644. The van der Waals surface area contributed by atoms with Crippen molar-refractivity contribution in [3.63, 3.8) is 0 Å². The highest BCUT2D eigenvalue weighted by atomic mass is 19.1. The molecule has 7 heteroatoms. The number of aromatic nitrogens is 1. The van der Waals surface area contributed by atoms with Crippen LogP contribution in [0.25, 0.3) is 10.9 Å². The number of nitrogens with one attached hydrogen (secondary N) is 1. The fraction of sp³-hybridized carbons (Fsp3) is 0.261. The van der Waals surface area contributed by atoms with Crippen LogP contribution in [0.1, 0.15) is 40.0 Å². The van der Waals surface area contributed by atoms with Gasteiger partial charge in [-0.1, -0.05) is 11.6 Å². The molecule has 30 heavy (non-hydrogen) atoms. The van der Waals surface area contributed by atoms with Crippen molar-refractivity contribution in [2.24, 2.45) is 0 Å². The molecule has 0 radical (unpaired) electrons. The molecule has 1 aliphatic rings. The first-order valence-corrected chi connectivity index (χ1v) is 9.76. The van der Waals surface area contributed by atoms with Crippen molar-refractivity contribution < 1.29 is 23.1 Å². The molecule has 0 bridgehead atoms. The number of carbonyl (C=O) groups is 2. The summed E-state index contributed by atoms with van der Waals surface area (Å²) >= 11 is 0. The van der Waals surface area contributed by atoms with Crippen molar-refractivity contribution in [1.82, 2.24) is 4.98 Å². The van der Waals surface area contributed by atoms with E-state index in [1.54, 1.807) is 0 Å². The van der Waals surface area contributed by atoms with Gasteiger partial charge in [-0.2, -0.15) is 0 Å². The third kappa shape index (κ3) is 4.01. The molecule has 3 aromatic rings. The lowest BCUT2D eigenvalue weighted by Gasteiger charge is -2.20. The van der Waals surface area contributed by atoms with Gasteiger partial charge in [-0.3, -0.25) is 9.78 Å². The summed E-state index contributed by atoms with van der Waals surface area (Å²) in [4.78, 5) is 29.8. The van der Waals surface area contributed by atoms with Gasteiger partial charge < -0.3 is 10.1 Å². The van der Waals surface area contributed by atoms with Crippen LogP contribution in [-0.4, -0.2) is 23.5 Å². The number of anilines is 1. The Kier molecular flexibility index (Phi) is 5.44. The largest absolute Gasteiger partial charge is 0.452 e. The van der Waals surface area contributed by atoms with Gasteiger partial charge in [0, 0.05) is 17.1 Å². The summed E-state index contributed by atoms with van der Waals surface area (Å²) in [6, 6.07) is 8.41. The molecule has 154 valence electrons. The second-order valence-electron chi connectivity index (χ2n) is 7.39. The van der Waals surface area contributed by atoms with Crippen molar-refractivity contribution in [2.75, 3.05) is 11.9 Å². The summed E-state index contributed by atoms with van der Waals surface area (Å²) in [5.74, 6) is -2.84. The van der Waals surface area contributed by atoms with Crippen LogP contribution in [0.2, 0.25) is 0 Å². The average Bonchev–Trinajstić information content (AvgIpc) is 2.73. The van der Waals surface area contributed by atoms with Crippen molar-refractivity contribution in [3.05, 3.63) is 70.4 Å². The van der Waals surface area contributed by atoms with E-state index in [0.717, 1.165) is 60.7 Å². The van der Waals surface area contributed by atoms with E-state index < -0.39 is 30.1 Å². The monoisotopic (exact) mass is 410 g/mol. The molecule has 0 aliphatic heterocycles. The van der Waals surface area contributed by atoms with Gasteiger partial charge in [0.15, 0.2) is 6.61 Å². The maximum absolute atomic E-state index is 13.7. The molecule has 1 N–H and O–H groups in total. The number of halogens is 2. The summed E-state index contributed by atoms with van der Waals surface area (Å²) in [6.07, 6.45) is 3.47. The van der Waals surface area contributed by atoms with E-state index in [2.05, 4.69) is 5.32 Å². The lowest BCUT2D eigenvalue weighted by molar-refractivity contribution is -0.119. The van der Waals surface area contributed by atoms with Gasteiger partial charge in [-0.25, -0.2) is 13.6 Å². The number of rotatable bonds is 4. The van der Waals surface area contributed by atoms with Crippen molar-refractivity contribution in [1.29, 1.82) is 0 Å².